The number of carbonyl (C=O) groups is 1. The number of hydrogen-bond acceptors (Lipinski definition) is 3. The largest absolute Gasteiger partial charge is 0.378 e. The van der Waals surface area contributed by atoms with Crippen LogP contribution in [0, 0.1) is 6.92 Å². The van der Waals surface area contributed by atoms with Crippen molar-refractivity contribution in [2.75, 3.05) is 19.0 Å². The normalized spacial score (nSPS) is 13.0. The Hall–Kier alpha value is -3.60. The second kappa shape index (κ2) is 9.27. The van der Waals surface area contributed by atoms with E-state index < -0.39 is 0 Å². The van der Waals surface area contributed by atoms with Gasteiger partial charge in [-0.05, 0) is 48.7 Å². The number of amides is 1. The van der Waals surface area contributed by atoms with E-state index in [2.05, 4.69) is 56.9 Å². The number of aryl methyl sites for hydroxylation is 1. The fourth-order valence-electron chi connectivity index (χ4n) is 4.14. The predicted molar refractivity (Wildman–Crippen MR) is 130 cm³/mol. The van der Waals surface area contributed by atoms with Crippen molar-refractivity contribution in [3.8, 4) is 0 Å². The summed E-state index contributed by atoms with van der Waals surface area (Å²) in [4.78, 5) is 19.9. The number of imidazole rings is 1. The van der Waals surface area contributed by atoms with Gasteiger partial charge >= 0.3 is 0 Å². The van der Waals surface area contributed by atoms with Crippen LogP contribution in [0.2, 0.25) is 0 Å². The van der Waals surface area contributed by atoms with E-state index in [1.165, 1.54) is 0 Å². The number of carbonyl (C=O) groups excluding carboxylic acids is 1. The van der Waals surface area contributed by atoms with Gasteiger partial charge in [-0.25, -0.2) is 4.98 Å². The number of anilines is 1. The maximum absolute atomic E-state index is 13.1. The Morgan fingerprint density at radius 2 is 1.72 bits per heavy atom. The fraction of sp³-hybridized carbons (Fsp3) is 0.259. The molecule has 4 aromatic rings. The summed E-state index contributed by atoms with van der Waals surface area (Å²) >= 11 is 0. The first kappa shape index (κ1) is 21.6. The number of fused-ring (bicyclic) bond motifs is 1. The third kappa shape index (κ3) is 4.52. The topological polar surface area (TPSA) is 49.6 Å². The molecule has 1 amide bonds. The van der Waals surface area contributed by atoms with Crippen LogP contribution in [-0.4, -0.2) is 29.4 Å². The average molecular weight is 427 g/mol. The van der Waals surface area contributed by atoms with Gasteiger partial charge in [0.25, 0.3) is 0 Å². The lowest BCUT2D eigenvalue weighted by molar-refractivity contribution is -0.122. The third-order valence-electron chi connectivity index (χ3n) is 5.99. The van der Waals surface area contributed by atoms with Crippen molar-refractivity contribution in [3.05, 3.63) is 102 Å². The molecule has 0 spiro atoms. The zero-order valence-corrected chi connectivity index (χ0v) is 19.1. The molecule has 0 bridgehead atoms. The van der Waals surface area contributed by atoms with E-state index in [1.807, 2.05) is 69.8 Å². The Balaban J connectivity index is 1.66. The number of hydrogen-bond donors (Lipinski definition) is 1. The molecule has 0 saturated carbocycles. The van der Waals surface area contributed by atoms with Crippen LogP contribution < -0.4 is 10.2 Å². The second-order valence-electron chi connectivity index (χ2n) is 8.51. The van der Waals surface area contributed by atoms with Gasteiger partial charge in [-0.15, -0.1) is 0 Å². The van der Waals surface area contributed by atoms with Crippen LogP contribution in [0.25, 0.3) is 5.65 Å². The van der Waals surface area contributed by atoms with Crippen molar-refractivity contribution >= 4 is 17.2 Å². The highest BCUT2D eigenvalue weighted by molar-refractivity contribution is 5.78. The zero-order valence-electron chi connectivity index (χ0n) is 19.1. The maximum Gasteiger partial charge on any atom is 0.221 e. The van der Waals surface area contributed by atoms with Gasteiger partial charge in [0.1, 0.15) is 5.65 Å². The fourth-order valence-corrected chi connectivity index (χ4v) is 4.14. The number of nitrogens with zero attached hydrogens (tertiary/aromatic N) is 3. The summed E-state index contributed by atoms with van der Waals surface area (Å²) in [7, 11) is 4.05. The van der Waals surface area contributed by atoms with Crippen molar-refractivity contribution < 1.29 is 4.79 Å². The molecule has 32 heavy (non-hydrogen) atoms. The highest BCUT2D eigenvalue weighted by Crippen LogP contribution is 2.31. The number of rotatable bonds is 7. The average Bonchev–Trinajstić information content (AvgIpc) is 3.23. The van der Waals surface area contributed by atoms with Crippen molar-refractivity contribution in [2.24, 2.45) is 0 Å². The van der Waals surface area contributed by atoms with E-state index in [0.29, 0.717) is 6.42 Å². The summed E-state index contributed by atoms with van der Waals surface area (Å²) in [5, 5.41) is 3.17. The Morgan fingerprint density at radius 1 is 1.00 bits per heavy atom. The van der Waals surface area contributed by atoms with Crippen LogP contribution in [0.4, 0.5) is 5.69 Å². The summed E-state index contributed by atoms with van der Waals surface area (Å²) in [5.74, 6) is -0.0865. The second-order valence-corrected chi connectivity index (χ2v) is 8.51. The minimum Gasteiger partial charge on any atom is -0.378 e. The molecule has 4 rings (SSSR count). The standard InChI is InChI=1S/C27H30N4O/c1-19-9-8-16-31-25(18-28-27(19)31)24(22-12-14-23(15-13-22)30(3)4)17-26(32)29-20(2)21-10-6-5-7-11-21/h5-16,18,20,24H,17H2,1-4H3,(H,29,32)/t20-,24+/m1/s1. The van der Waals surface area contributed by atoms with E-state index in [9.17, 15) is 4.79 Å². The van der Waals surface area contributed by atoms with Crippen molar-refractivity contribution in [2.45, 2.75) is 32.2 Å². The molecular formula is C27H30N4O. The molecule has 0 radical (unpaired) electrons. The van der Waals surface area contributed by atoms with Gasteiger partial charge < -0.3 is 14.6 Å². The van der Waals surface area contributed by atoms with Crippen LogP contribution in [0.1, 0.15) is 47.7 Å². The smallest absolute Gasteiger partial charge is 0.221 e. The molecule has 2 aromatic heterocycles. The van der Waals surface area contributed by atoms with Crippen molar-refractivity contribution in [3.63, 3.8) is 0 Å². The lowest BCUT2D eigenvalue weighted by Crippen LogP contribution is -2.28. The molecule has 0 saturated heterocycles. The summed E-state index contributed by atoms with van der Waals surface area (Å²) in [6.45, 7) is 4.08. The van der Waals surface area contributed by atoms with Gasteiger partial charge in [0.05, 0.1) is 11.7 Å². The number of aromatic nitrogens is 2. The molecule has 5 nitrogen and oxygen atoms in total. The Bertz CT molecular complexity index is 1200. The molecule has 1 N–H and O–H groups in total. The highest BCUT2D eigenvalue weighted by atomic mass is 16.1. The summed E-state index contributed by atoms with van der Waals surface area (Å²) in [6, 6.07) is 22.5. The van der Waals surface area contributed by atoms with E-state index in [1.54, 1.807) is 0 Å². The monoisotopic (exact) mass is 426 g/mol. The lowest BCUT2D eigenvalue weighted by Gasteiger charge is -2.21. The maximum atomic E-state index is 13.1. The van der Waals surface area contributed by atoms with Crippen LogP contribution in [0.3, 0.4) is 0 Å². The van der Waals surface area contributed by atoms with Gasteiger partial charge in [0, 0.05) is 44.5 Å². The first-order valence-corrected chi connectivity index (χ1v) is 11.0. The van der Waals surface area contributed by atoms with E-state index in [0.717, 1.165) is 33.7 Å². The molecular weight excluding hydrogens is 396 g/mol. The van der Waals surface area contributed by atoms with Crippen LogP contribution in [0.5, 0.6) is 0 Å². The molecule has 0 unspecified atom stereocenters. The molecule has 0 aliphatic carbocycles. The molecule has 164 valence electrons. The predicted octanol–water partition coefficient (Wildman–Crippen LogP) is 5.11. The lowest BCUT2D eigenvalue weighted by atomic mass is 9.91. The molecule has 5 heteroatoms. The van der Waals surface area contributed by atoms with E-state index >= 15 is 0 Å². The minimum absolute atomic E-state index is 0.0191. The molecule has 0 aliphatic rings. The molecule has 0 aliphatic heterocycles. The van der Waals surface area contributed by atoms with E-state index in [-0.39, 0.29) is 17.9 Å². The summed E-state index contributed by atoms with van der Waals surface area (Å²) < 4.78 is 2.10. The molecule has 2 atom stereocenters. The zero-order chi connectivity index (χ0) is 22.7. The summed E-state index contributed by atoms with van der Waals surface area (Å²) in [6.07, 6.45) is 4.28. The first-order valence-electron chi connectivity index (χ1n) is 11.0. The molecule has 0 fully saturated rings. The van der Waals surface area contributed by atoms with Crippen LogP contribution >= 0.6 is 0 Å². The molecule has 2 heterocycles. The SMILES string of the molecule is Cc1cccn2c([C@@H](CC(=O)N[C@H](C)c3ccccc3)c3ccc(N(C)C)cc3)cnc12. The number of nitrogens with one attached hydrogen (secondary N) is 1. The third-order valence-corrected chi connectivity index (χ3v) is 5.99. The van der Waals surface area contributed by atoms with Crippen molar-refractivity contribution in [1.29, 1.82) is 0 Å². The van der Waals surface area contributed by atoms with Gasteiger partial charge in [-0.3, -0.25) is 4.79 Å². The van der Waals surface area contributed by atoms with Gasteiger partial charge in [-0.2, -0.15) is 0 Å². The van der Waals surface area contributed by atoms with Gasteiger partial charge in [-0.1, -0.05) is 48.5 Å². The van der Waals surface area contributed by atoms with Crippen LogP contribution in [0.15, 0.2) is 79.1 Å². The Morgan fingerprint density at radius 3 is 2.41 bits per heavy atom. The number of pyridine rings is 1. The van der Waals surface area contributed by atoms with Crippen LogP contribution in [-0.2, 0) is 4.79 Å². The quantitative estimate of drug-likeness (QED) is 0.447. The van der Waals surface area contributed by atoms with Crippen molar-refractivity contribution in [1.82, 2.24) is 14.7 Å². The van der Waals surface area contributed by atoms with E-state index in [4.69, 9.17) is 0 Å². The van der Waals surface area contributed by atoms with Gasteiger partial charge in [0.2, 0.25) is 5.91 Å². The Kier molecular flexibility index (Phi) is 6.26. The van der Waals surface area contributed by atoms with Gasteiger partial charge in [0.15, 0.2) is 0 Å². The minimum atomic E-state index is -0.106. The first-order chi connectivity index (χ1) is 15.4. The highest BCUT2D eigenvalue weighted by Gasteiger charge is 2.23. The Labute approximate surface area is 189 Å². The molecule has 2 aromatic carbocycles. The number of benzene rings is 2. The summed E-state index contributed by atoms with van der Waals surface area (Å²) in [5.41, 5.74) is 6.38.